The number of hydrogen-bond acceptors (Lipinski definition) is 5. The Morgan fingerprint density at radius 3 is 2.87 bits per heavy atom. The molecular formula is C22H22N6OS. The van der Waals surface area contributed by atoms with E-state index >= 15 is 0 Å². The van der Waals surface area contributed by atoms with Crippen molar-refractivity contribution in [2.24, 2.45) is 7.05 Å². The topological polar surface area (TPSA) is 77.6 Å². The van der Waals surface area contributed by atoms with Gasteiger partial charge in [0.15, 0.2) is 0 Å². The molecule has 1 aliphatic heterocycles. The van der Waals surface area contributed by atoms with Crippen LogP contribution in [0.1, 0.15) is 34.0 Å². The van der Waals surface area contributed by atoms with Gasteiger partial charge in [0.1, 0.15) is 15.7 Å². The molecule has 5 rings (SSSR count). The second kappa shape index (κ2) is 7.53. The lowest BCUT2D eigenvalue weighted by atomic mass is 10.1. The Balaban J connectivity index is 1.37. The monoisotopic (exact) mass is 418 g/mol. The molecule has 0 saturated carbocycles. The third kappa shape index (κ3) is 3.54. The Bertz CT molecular complexity index is 1210. The van der Waals surface area contributed by atoms with Crippen LogP contribution in [0.5, 0.6) is 0 Å². The molecule has 1 aliphatic rings. The van der Waals surface area contributed by atoms with Crippen LogP contribution in [0, 0.1) is 6.92 Å². The Morgan fingerprint density at radius 2 is 2.07 bits per heavy atom. The third-order valence-electron chi connectivity index (χ3n) is 5.28. The van der Waals surface area contributed by atoms with Gasteiger partial charge >= 0.3 is 0 Å². The molecule has 152 valence electrons. The van der Waals surface area contributed by atoms with Gasteiger partial charge in [-0.1, -0.05) is 12.1 Å². The molecule has 8 heteroatoms. The molecule has 4 heterocycles. The average Bonchev–Trinajstić information content (AvgIpc) is 3.45. The largest absolute Gasteiger partial charge is 0.334 e. The SMILES string of the molecule is Cc1nc(-c2cnn(C)c2)sc1C(=O)Nc1cccc(-c2cn3c(n2)CCCC3)c1. The van der Waals surface area contributed by atoms with E-state index in [-0.39, 0.29) is 5.91 Å². The summed E-state index contributed by atoms with van der Waals surface area (Å²) in [6.07, 6.45) is 9.20. The molecule has 1 amide bonds. The van der Waals surface area contributed by atoms with Gasteiger partial charge in [-0.2, -0.15) is 5.10 Å². The lowest BCUT2D eigenvalue weighted by Crippen LogP contribution is -2.11. The van der Waals surface area contributed by atoms with Crippen LogP contribution in [0.15, 0.2) is 42.9 Å². The predicted molar refractivity (Wildman–Crippen MR) is 118 cm³/mol. The quantitative estimate of drug-likeness (QED) is 0.536. The first kappa shape index (κ1) is 18.7. The van der Waals surface area contributed by atoms with Crippen LogP contribution in [-0.2, 0) is 20.0 Å². The fourth-order valence-electron chi connectivity index (χ4n) is 3.76. The summed E-state index contributed by atoms with van der Waals surface area (Å²) in [5.74, 6) is 0.996. The molecule has 0 fully saturated rings. The Kier molecular flexibility index (Phi) is 4.71. The number of rotatable bonds is 4. The maximum absolute atomic E-state index is 12.9. The van der Waals surface area contributed by atoms with E-state index in [1.54, 1.807) is 10.9 Å². The fourth-order valence-corrected chi connectivity index (χ4v) is 4.69. The number of amides is 1. The first-order valence-electron chi connectivity index (χ1n) is 10.0. The van der Waals surface area contributed by atoms with Crippen molar-refractivity contribution in [3.63, 3.8) is 0 Å². The summed E-state index contributed by atoms with van der Waals surface area (Å²) in [5, 5.41) is 7.99. The van der Waals surface area contributed by atoms with Crippen LogP contribution in [0.4, 0.5) is 5.69 Å². The number of fused-ring (bicyclic) bond motifs is 1. The number of hydrogen-bond donors (Lipinski definition) is 1. The summed E-state index contributed by atoms with van der Waals surface area (Å²) in [5.41, 5.74) is 4.34. The van der Waals surface area contributed by atoms with Gasteiger partial charge < -0.3 is 9.88 Å². The van der Waals surface area contributed by atoms with E-state index in [1.165, 1.54) is 24.2 Å². The van der Waals surface area contributed by atoms with E-state index in [1.807, 2.05) is 44.4 Å². The van der Waals surface area contributed by atoms with Crippen molar-refractivity contribution in [3.8, 4) is 21.8 Å². The number of carbonyl (C=O) groups excluding carboxylic acids is 1. The lowest BCUT2D eigenvalue weighted by Gasteiger charge is -2.11. The normalized spacial score (nSPS) is 13.3. The van der Waals surface area contributed by atoms with E-state index in [2.05, 4.69) is 26.2 Å². The van der Waals surface area contributed by atoms with Crippen molar-refractivity contribution >= 4 is 22.9 Å². The smallest absolute Gasteiger partial charge is 0.267 e. The first-order chi connectivity index (χ1) is 14.6. The Labute approximate surface area is 178 Å². The Hall–Kier alpha value is -3.26. The van der Waals surface area contributed by atoms with Gasteiger partial charge in [0.2, 0.25) is 0 Å². The van der Waals surface area contributed by atoms with E-state index in [0.717, 1.165) is 46.3 Å². The summed E-state index contributed by atoms with van der Waals surface area (Å²) >= 11 is 1.38. The molecule has 0 radical (unpaired) electrons. The molecule has 1 N–H and O–H groups in total. The molecule has 0 saturated heterocycles. The zero-order chi connectivity index (χ0) is 20.7. The molecule has 4 aromatic rings. The number of anilines is 1. The number of aryl methyl sites for hydroxylation is 4. The zero-order valence-electron chi connectivity index (χ0n) is 16.9. The highest BCUT2D eigenvalue weighted by Crippen LogP contribution is 2.29. The molecule has 0 atom stereocenters. The van der Waals surface area contributed by atoms with Crippen molar-refractivity contribution in [3.05, 3.63) is 59.3 Å². The van der Waals surface area contributed by atoms with Crippen molar-refractivity contribution in [1.82, 2.24) is 24.3 Å². The van der Waals surface area contributed by atoms with Crippen LogP contribution < -0.4 is 5.32 Å². The molecule has 0 bridgehead atoms. The lowest BCUT2D eigenvalue weighted by molar-refractivity contribution is 0.103. The number of nitrogens with one attached hydrogen (secondary N) is 1. The number of benzene rings is 1. The highest BCUT2D eigenvalue weighted by Gasteiger charge is 2.18. The van der Waals surface area contributed by atoms with E-state index in [9.17, 15) is 4.79 Å². The minimum absolute atomic E-state index is 0.151. The summed E-state index contributed by atoms with van der Waals surface area (Å²) in [7, 11) is 1.86. The second-order valence-corrected chi connectivity index (χ2v) is 8.56. The van der Waals surface area contributed by atoms with E-state index < -0.39 is 0 Å². The Morgan fingerprint density at radius 1 is 1.17 bits per heavy atom. The average molecular weight is 419 g/mol. The van der Waals surface area contributed by atoms with Gasteiger partial charge in [0.25, 0.3) is 5.91 Å². The van der Waals surface area contributed by atoms with E-state index in [4.69, 9.17) is 4.98 Å². The molecule has 3 aromatic heterocycles. The number of carbonyl (C=O) groups is 1. The highest BCUT2D eigenvalue weighted by molar-refractivity contribution is 7.17. The molecule has 0 unspecified atom stereocenters. The number of imidazole rings is 1. The predicted octanol–water partition coefficient (Wildman–Crippen LogP) is 4.30. The third-order valence-corrected chi connectivity index (χ3v) is 6.48. The van der Waals surface area contributed by atoms with Gasteiger partial charge in [-0.3, -0.25) is 9.48 Å². The number of aromatic nitrogens is 5. The first-order valence-corrected chi connectivity index (χ1v) is 10.8. The van der Waals surface area contributed by atoms with Crippen LogP contribution in [-0.4, -0.2) is 30.2 Å². The van der Waals surface area contributed by atoms with E-state index in [0.29, 0.717) is 10.6 Å². The summed E-state index contributed by atoms with van der Waals surface area (Å²) < 4.78 is 3.97. The van der Waals surface area contributed by atoms with Gasteiger partial charge in [0, 0.05) is 49.2 Å². The molecule has 30 heavy (non-hydrogen) atoms. The van der Waals surface area contributed by atoms with Crippen molar-refractivity contribution in [2.75, 3.05) is 5.32 Å². The molecule has 0 spiro atoms. The number of thiazole rings is 1. The molecular weight excluding hydrogens is 396 g/mol. The highest BCUT2D eigenvalue weighted by atomic mass is 32.1. The minimum Gasteiger partial charge on any atom is -0.334 e. The molecule has 7 nitrogen and oxygen atoms in total. The van der Waals surface area contributed by atoms with Crippen LogP contribution >= 0.6 is 11.3 Å². The standard InChI is InChI=1S/C22H22N6OS/c1-14-20(30-22(24-14)16-11-23-27(2)12-16)21(29)25-17-7-5-6-15(10-17)18-13-28-9-4-3-8-19(28)26-18/h5-7,10-13H,3-4,8-9H2,1-2H3,(H,25,29). The van der Waals surface area contributed by atoms with Gasteiger partial charge in [-0.15, -0.1) is 11.3 Å². The van der Waals surface area contributed by atoms with Crippen LogP contribution in [0.3, 0.4) is 0 Å². The maximum Gasteiger partial charge on any atom is 0.267 e. The van der Waals surface area contributed by atoms with Crippen LogP contribution in [0.25, 0.3) is 21.8 Å². The fraction of sp³-hybridized carbons (Fsp3) is 0.273. The van der Waals surface area contributed by atoms with Crippen molar-refractivity contribution < 1.29 is 4.79 Å². The van der Waals surface area contributed by atoms with Crippen LogP contribution in [0.2, 0.25) is 0 Å². The van der Waals surface area contributed by atoms with Crippen molar-refractivity contribution in [2.45, 2.75) is 32.7 Å². The summed E-state index contributed by atoms with van der Waals surface area (Å²) in [6.45, 7) is 2.89. The second-order valence-electron chi connectivity index (χ2n) is 7.56. The number of nitrogens with zero attached hydrogens (tertiary/aromatic N) is 5. The summed E-state index contributed by atoms with van der Waals surface area (Å²) in [4.78, 5) is 22.9. The van der Waals surface area contributed by atoms with Gasteiger partial charge in [-0.05, 0) is 31.9 Å². The van der Waals surface area contributed by atoms with Crippen molar-refractivity contribution in [1.29, 1.82) is 0 Å². The maximum atomic E-state index is 12.9. The van der Waals surface area contributed by atoms with Gasteiger partial charge in [-0.25, -0.2) is 9.97 Å². The molecule has 1 aromatic carbocycles. The van der Waals surface area contributed by atoms with Gasteiger partial charge in [0.05, 0.1) is 17.6 Å². The summed E-state index contributed by atoms with van der Waals surface area (Å²) in [6, 6.07) is 7.85. The zero-order valence-corrected chi connectivity index (χ0v) is 17.7. The molecule has 0 aliphatic carbocycles. The minimum atomic E-state index is -0.151.